The van der Waals surface area contributed by atoms with E-state index >= 15 is 0 Å². The summed E-state index contributed by atoms with van der Waals surface area (Å²) in [6.45, 7) is 1.50. The number of benzene rings is 1. The van der Waals surface area contributed by atoms with Gasteiger partial charge in [0, 0.05) is 16.8 Å². The average Bonchev–Trinajstić information content (AvgIpc) is 2.46. The van der Waals surface area contributed by atoms with Crippen LogP contribution >= 0.6 is 11.6 Å². The van der Waals surface area contributed by atoms with Crippen LogP contribution < -0.4 is 16.7 Å². The van der Waals surface area contributed by atoms with Gasteiger partial charge in [0.2, 0.25) is 5.91 Å². The van der Waals surface area contributed by atoms with E-state index in [4.69, 9.17) is 11.6 Å². The highest BCUT2D eigenvalue weighted by Gasteiger charge is 2.11. The van der Waals surface area contributed by atoms with Gasteiger partial charge in [-0.3, -0.25) is 14.6 Å². The molecule has 1 aromatic heterocycles. The highest BCUT2D eigenvalue weighted by Crippen LogP contribution is 2.16. The van der Waals surface area contributed by atoms with Gasteiger partial charge in [-0.25, -0.2) is 14.6 Å². The molecule has 120 valence electrons. The molecular formula is C14H12ClFN4O3. The first kappa shape index (κ1) is 16.6. The van der Waals surface area contributed by atoms with Crippen LogP contribution in [0.2, 0.25) is 5.02 Å². The van der Waals surface area contributed by atoms with Crippen LogP contribution in [0.5, 0.6) is 0 Å². The number of aromatic amines is 2. The lowest BCUT2D eigenvalue weighted by atomic mass is 10.1. The van der Waals surface area contributed by atoms with Crippen LogP contribution in [0.15, 0.2) is 32.9 Å². The van der Waals surface area contributed by atoms with E-state index in [9.17, 15) is 18.8 Å². The normalized spacial score (nSPS) is 10.9. The molecule has 0 fully saturated rings. The van der Waals surface area contributed by atoms with Gasteiger partial charge in [-0.05, 0) is 19.1 Å². The van der Waals surface area contributed by atoms with Gasteiger partial charge in [-0.2, -0.15) is 5.10 Å². The lowest BCUT2D eigenvalue weighted by molar-refractivity contribution is -0.120. The summed E-state index contributed by atoms with van der Waals surface area (Å²) in [6.07, 6.45) is 0.778. The molecule has 2 aromatic rings. The Bertz CT molecular complexity index is 868. The topological polar surface area (TPSA) is 107 Å². The molecule has 0 aliphatic carbocycles. The maximum absolute atomic E-state index is 13.5. The molecule has 0 aliphatic rings. The second kappa shape index (κ2) is 7.01. The maximum Gasteiger partial charge on any atom is 0.325 e. The number of aryl methyl sites for hydroxylation is 1. The van der Waals surface area contributed by atoms with E-state index in [0.717, 1.165) is 6.21 Å². The second-order valence-corrected chi connectivity index (χ2v) is 5.02. The number of carbonyl (C=O) groups excluding carboxylic acids is 1. The minimum Gasteiger partial charge on any atom is -0.311 e. The van der Waals surface area contributed by atoms with E-state index in [1.54, 1.807) is 0 Å². The number of nitrogens with zero attached hydrogens (tertiary/aromatic N) is 1. The quantitative estimate of drug-likeness (QED) is 0.568. The van der Waals surface area contributed by atoms with E-state index < -0.39 is 23.0 Å². The minimum atomic E-state index is -0.650. The van der Waals surface area contributed by atoms with Gasteiger partial charge in [0.05, 0.1) is 17.7 Å². The van der Waals surface area contributed by atoms with Crippen molar-refractivity contribution in [1.29, 1.82) is 0 Å². The van der Waals surface area contributed by atoms with E-state index in [0.29, 0.717) is 0 Å². The fourth-order valence-corrected chi connectivity index (χ4v) is 2.05. The van der Waals surface area contributed by atoms with Gasteiger partial charge in [0.15, 0.2) is 0 Å². The van der Waals surface area contributed by atoms with Crippen molar-refractivity contribution in [3.63, 3.8) is 0 Å². The van der Waals surface area contributed by atoms with Crippen LogP contribution in [0.3, 0.4) is 0 Å². The summed E-state index contributed by atoms with van der Waals surface area (Å²) < 4.78 is 13.5. The first-order valence-corrected chi connectivity index (χ1v) is 6.84. The van der Waals surface area contributed by atoms with Gasteiger partial charge < -0.3 is 4.98 Å². The lowest BCUT2D eigenvalue weighted by Crippen LogP contribution is -2.30. The molecular weight excluding hydrogens is 327 g/mol. The number of hydrazone groups is 1. The first-order chi connectivity index (χ1) is 10.9. The van der Waals surface area contributed by atoms with Crippen molar-refractivity contribution in [1.82, 2.24) is 15.4 Å². The molecule has 1 aromatic carbocycles. The molecule has 0 saturated carbocycles. The third-order valence-corrected chi connectivity index (χ3v) is 3.30. The van der Waals surface area contributed by atoms with E-state index in [2.05, 4.69) is 15.5 Å². The molecule has 0 aliphatic heterocycles. The van der Waals surface area contributed by atoms with Crippen LogP contribution in [0.4, 0.5) is 4.39 Å². The van der Waals surface area contributed by atoms with Gasteiger partial charge in [0.1, 0.15) is 5.82 Å². The van der Waals surface area contributed by atoms with Gasteiger partial charge in [0.25, 0.3) is 5.56 Å². The summed E-state index contributed by atoms with van der Waals surface area (Å²) in [5, 5.41) is 3.75. The second-order valence-electron chi connectivity index (χ2n) is 4.62. The summed E-state index contributed by atoms with van der Waals surface area (Å²) in [7, 11) is 0. The van der Waals surface area contributed by atoms with E-state index in [1.807, 2.05) is 4.98 Å². The third-order valence-electron chi connectivity index (χ3n) is 2.97. The van der Waals surface area contributed by atoms with Crippen LogP contribution in [-0.4, -0.2) is 22.1 Å². The molecule has 0 atom stereocenters. The van der Waals surface area contributed by atoms with Crippen LogP contribution in [0.25, 0.3) is 0 Å². The zero-order chi connectivity index (χ0) is 17.0. The molecule has 23 heavy (non-hydrogen) atoms. The summed E-state index contributed by atoms with van der Waals surface area (Å²) in [4.78, 5) is 38.9. The van der Waals surface area contributed by atoms with Gasteiger partial charge >= 0.3 is 5.69 Å². The Morgan fingerprint density at radius 1 is 1.39 bits per heavy atom. The summed E-state index contributed by atoms with van der Waals surface area (Å²) in [6, 6.07) is 4.13. The van der Waals surface area contributed by atoms with Crippen molar-refractivity contribution in [3.8, 4) is 0 Å². The summed E-state index contributed by atoms with van der Waals surface area (Å²) >= 11 is 5.81. The van der Waals surface area contributed by atoms with Crippen LogP contribution in [0.1, 0.15) is 16.8 Å². The highest BCUT2D eigenvalue weighted by atomic mass is 35.5. The number of nitrogens with one attached hydrogen (secondary N) is 3. The summed E-state index contributed by atoms with van der Waals surface area (Å²) in [5.41, 5.74) is 1.30. The highest BCUT2D eigenvalue weighted by molar-refractivity contribution is 6.33. The number of H-pyrrole nitrogens is 2. The molecule has 9 heteroatoms. The van der Waals surface area contributed by atoms with Crippen molar-refractivity contribution < 1.29 is 9.18 Å². The van der Waals surface area contributed by atoms with E-state index in [-0.39, 0.29) is 28.3 Å². The van der Waals surface area contributed by atoms with Crippen molar-refractivity contribution >= 4 is 23.7 Å². The Morgan fingerprint density at radius 2 is 2.13 bits per heavy atom. The molecule has 0 saturated heterocycles. The zero-order valence-corrected chi connectivity index (χ0v) is 12.7. The van der Waals surface area contributed by atoms with Gasteiger partial charge in [-0.15, -0.1) is 0 Å². The Labute approximate surface area is 134 Å². The number of rotatable bonds is 4. The SMILES string of the molecule is Cc1[nH]c(=O)[nH]c(=O)c1CC(=O)N/N=C\c1c(F)cccc1Cl. The van der Waals surface area contributed by atoms with Crippen molar-refractivity contribution in [2.75, 3.05) is 0 Å². The number of hydrogen-bond acceptors (Lipinski definition) is 4. The molecule has 3 N–H and O–H groups in total. The molecule has 0 spiro atoms. The number of amides is 1. The molecule has 0 radical (unpaired) electrons. The van der Waals surface area contributed by atoms with E-state index in [1.165, 1.54) is 25.1 Å². The molecule has 1 amide bonds. The fraction of sp³-hybridized carbons (Fsp3) is 0.143. The average molecular weight is 339 g/mol. The Kier molecular flexibility index (Phi) is 5.07. The maximum atomic E-state index is 13.5. The lowest BCUT2D eigenvalue weighted by Gasteiger charge is -2.03. The molecule has 0 unspecified atom stereocenters. The van der Waals surface area contributed by atoms with Crippen LogP contribution in [0, 0.1) is 12.7 Å². The van der Waals surface area contributed by atoms with Crippen molar-refractivity contribution in [2.45, 2.75) is 13.3 Å². The van der Waals surface area contributed by atoms with Crippen molar-refractivity contribution in [2.24, 2.45) is 5.10 Å². The Balaban J connectivity index is 2.08. The predicted molar refractivity (Wildman–Crippen MR) is 83.3 cm³/mol. The van der Waals surface area contributed by atoms with Gasteiger partial charge in [-0.1, -0.05) is 17.7 Å². The minimum absolute atomic E-state index is 0.0348. The standard InChI is InChI=1S/C14H12ClFN4O3/c1-7-8(13(22)19-14(23)18-7)5-12(21)20-17-6-9-10(15)3-2-4-11(9)16/h2-4,6H,5H2,1H3,(H,20,21)(H2,18,19,22,23)/b17-6-. The number of halogens is 2. The Morgan fingerprint density at radius 3 is 2.78 bits per heavy atom. The number of carbonyl (C=O) groups is 1. The molecule has 7 nitrogen and oxygen atoms in total. The first-order valence-electron chi connectivity index (χ1n) is 6.46. The van der Waals surface area contributed by atoms with Crippen molar-refractivity contribution in [3.05, 3.63) is 66.7 Å². The Hall–Kier alpha value is -2.74. The summed E-state index contributed by atoms with van der Waals surface area (Å²) in [5.74, 6) is -1.18. The zero-order valence-electron chi connectivity index (χ0n) is 11.9. The van der Waals surface area contributed by atoms with Crippen LogP contribution in [-0.2, 0) is 11.2 Å². The predicted octanol–water partition coefficient (Wildman–Crippen LogP) is 0.857. The number of hydrogen-bond donors (Lipinski definition) is 3. The molecule has 2 rings (SSSR count). The largest absolute Gasteiger partial charge is 0.325 e. The smallest absolute Gasteiger partial charge is 0.311 e. The third kappa shape index (κ3) is 4.13. The molecule has 1 heterocycles. The fourth-order valence-electron chi connectivity index (χ4n) is 1.84. The molecule has 0 bridgehead atoms. The number of aromatic nitrogens is 2. The monoisotopic (exact) mass is 338 g/mol.